The third-order valence-corrected chi connectivity index (χ3v) is 2.66. The first-order valence-corrected chi connectivity index (χ1v) is 4.99. The Kier molecular flexibility index (Phi) is 5.81. The lowest BCUT2D eigenvalue weighted by Gasteiger charge is -2.00. The summed E-state index contributed by atoms with van der Waals surface area (Å²) in [4.78, 5) is 9.35. The summed E-state index contributed by atoms with van der Waals surface area (Å²) in [5, 5.41) is 10.3. The Bertz CT molecular complexity index is 482. The van der Waals surface area contributed by atoms with Gasteiger partial charge < -0.3 is 11.0 Å². The van der Waals surface area contributed by atoms with E-state index in [9.17, 15) is 18.5 Å². The summed E-state index contributed by atoms with van der Waals surface area (Å²) < 4.78 is 30.1. The van der Waals surface area contributed by atoms with E-state index in [1.807, 2.05) is 0 Å². The first-order valence-electron chi connectivity index (χ1n) is 3.55. The Morgan fingerprint density at radius 2 is 1.81 bits per heavy atom. The largest absolute Gasteiger partial charge is 0.412 e. The van der Waals surface area contributed by atoms with E-state index in [1.54, 1.807) is 0 Å². The van der Waals surface area contributed by atoms with Crippen molar-refractivity contribution in [3.63, 3.8) is 0 Å². The number of rotatable bonds is 2. The van der Waals surface area contributed by atoms with Crippen LogP contribution >= 0.6 is 0 Å². The predicted molar refractivity (Wildman–Crippen MR) is 54.9 cm³/mol. The number of nitrogens with zero attached hydrogens (tertiary/aromatic N) is 1. The van der Waals surface area contributed by atoms with Gasteiger partial charge >= 0.3 is 0 Å². The molecule has 0 aromatic heterocycles. The van der Waals surface area contributed by atoms with E-state index in [2.05, 4.69) is 0 Å². The molecule has 0 amide bonds. The van der Waals surface area contributed by atoms with E-state index < -0.39 is 15.0 Å². The van der Waals surface area contributed by atoms with Gasteiger partial charge in [-0.1, -0.05) is 0 Å². The summed E-state index contributed by atoms with van der Waals surface area (Å²) in [5.74, 6) is 0. The van der Waals surface area contributed by atoms with Crippen LogP contribution in [0.4, 0.5) is 5.69 Å². The van der Waals surface area contributed by atoms with Crippen molar-refractivity contribution in [2.75, 3.05) is 0 Å². The van der Waals surface area contributed by atoms with E-state index >= 15 is 0 Å². The van der Waals surface area contributed by atoms with Gasteiger partial charge in [-0.2, -0.15) is 8.42 Å². The first-order chi connectivity index (χ1) is 6.32. The number of hydrogen-bond acceptors (Lipinski definition) is 4. The van der Waals surface area contributed by atoms with Crippen LogP contribution < -0.4 is 0 Å². The molecule has 0 aliphatic rings. The van der Waals surface area contributed by atoms with Crippen molar-refractivity contribution in [3.8, 4) is 0 Å². The lowest BCUT2D eigenvalue weighted by molar-refractivity contribution is -0.385. The van der Waals surface area contributed by atoms with Gasteiger partial charge in [0.15, 0.2) is 0 Å². The fourth-order valence-electron chi connectivity index (χ4n) is 1.04. The molecule has 0 aliphatic heterocycles. The second-order valence-electron chi connectivity index (χ2n) is 2.68. The first kappa shape index (κ1) is 16.9. The number of non-ortho nitro benzene ring substituents is 1. The molecule has 0 saturated carbocycles. The summed E-state index contributed by atoms with van der Waals surface area (Å²) in [6, 6.07) is 3.11. The van der Waals surface area contributed by atoms with Gasteiger partial charge in [0.2, 0.25) is 0 Å². The number of nitro groups is 1. The monoisotopic (exact) mass is 253 g/mol. The van der Waals surface area contributed by atoms with Crippen LogP contribution in [-0.4, -0.2) is 28.8 Å². The molecule has 1 rings (SSSR count). The fourth-order valence-corrected chi connectivity index (χ4v) is 1.74. The Morgan fingerprint density at radius 3 is 2.12 bits per heavy atom. The zero-order valence-corrected chi connectivity index (χ0v) is 8.98. The van der Waals surface area contributed by atoms with Crippen molar-refractivity contribution in [1.82, 2.24) is 0 Å². The highest BCUT2D eigenvalue weighted by molar-refractivity contribution is 7.85. The van der Waals surface area contributed by atoms with Crippen LogP contribution in [0, 0.1) is 17.0 Å². The molecule has 1 aromatic rings. The molecule has 0 unspecified atom stereocenters. The van der Waals surface area contributed by atoms with Crippen LogP contribution in [0.1, 0.15) is 5.56 Å². The summed E-state index contributed by atoms with van der Waals surface area (Å²) in [6.07, 6.45) is 0. The zero-order valence-electron chi connectivity index (χ0n) is 8.17. The minimum Gasteiger partial charge on any atom is -0.412 e. The van der Waals surface area contributed by atoms with Crippen LogP contribution in [0.3, 0.4) is 0 Å². The highest BCUT2D eigenvalue weighted by Gasteiger charge is 2.15. The maximum atomic E-state index is 10.7. The van der Waals surface area contributed by atoms with Gasteiger partial charge in [-0.25, -0.2) is 0 Å². The second-order valence-corrected chi connectivity index (χ2v) is 4.07. The molecule has 0 saturated heterocycles. The second kappa shape index (κ2) is 5.51. The van der Waals surface area contributed by atoms with Crippen molar-refractivity contribution in [3.05, 3.63) is 33.9 Å². The lowest BCUT2D eigenvalue weighted by atomic mass is 10.2. The number of aryl methyl sites for hydroxylation is 1. The summed E-state index contributed by atoms with van der Waals surface area (Å²) in [6.45, 7) is 1.37. The smallest absolute Gasteiger partial charge is 0.294 e. The molecule has 1 aromatic carbocycles. The zero-order chi connectivity index (χ0) is 10.9. The average molecular weight is 253 g/mol. The molecule has 9 heteroatoms. The van der Waals surface area contributed by atoms with Crippen molar-refractivity contribution < 1.29 is 28.8 Å². The molecule has 0 aliphatic carbocycles. The SMILES string of the molecule is Cc1cc([N+](=O)[O-])ccc1S(=O)(=O)O.O.O. The van der Waals surface area contributed by atoms with E-state index in [0.29, 0.717) is 0 Å². The quantitative estimate of drug-likeness (QED) is 0.426. The van der Waals surface area contributed by atoms with Gasteiger partial charge in [0.25, 0.3) is 15.8 Å². The molecule has 0 bridgehead atoms. The Balaban J connectivity index is 0. The average Bonchev–Trinajstić information content (AvgIpc) is 2.01. The number of nitro benzene ring substituents is 1. The van der Waals surface area contributed by atoms with Gasteiger partial charge in [0, 0.05) is 12.1 Å². The van der Waals surface area contributed by atoms with E-state index in [4.69, 9.17) is 4.55 Å². The Morgan fingerprint density at radius 1 is 1.31 bits per heavy atom. The molecule has 0 fully saturated rings. The maximum Gasteiger partial charge on any atom is 0.294 e. The fraction of sp³-hybridized carbons (Fsp3) is 0.143. The van der Waals surface area contributed by atoms with Gasteiger partial charge in [-0.05, 0) is 18.6 Å². The molecule has 16 heavy (non-hydrogen) atoms. The number of benzene rings is 1. The summed E-state index contributed by atoms with van der Waals surface area (Å²) >= 11 is 0. The highest BCUT2D eigenvalue weighted by Crippen LogP contribution is 2.20. The van der Waals surface area contributed by atoms with Crippen LogP contribution in [-0.2, 0) is 10.1 Å². The minimum absolute atomic E-state index is 0. The van der Waals surface area contributed by atoms with E-state index in [0.717, 1.165) is 18.2 Å². The minimum atomic E-state index is -4.30. The molecular weight excluding hydrogens is 242 g/mol. The Labute approximate surface area is 91.0 Å². The maximum absolute atomic E-state index is 10.7. The number of hydrogen-bond donors (Lipinski definition) is 1. The molecule has 5 N–H and O–H groups in total. The van der Waals surface area contributed by atoms with Crippen molar-refractivity contribution in [1.29, 1.82) is 0 Å². The van der Waals surface area contributed by atoms with Gasteiger partial charge in [-0.3, -0.25) is 14.7 Å². The molecule has 92 valence electrons. The van der Waals surface area contributed by atoms with Crippen LogP contribution in [0.15, 0.2) is 23.1 Å². The third-order valence-electron chi connectivity index (χ3n) is 1.65. The van der Waals surface area contributed by atoms with Crippen LogP contribution in [0.25, 0.3) is 0 Å². The lowest BCUT2D eigenvalue weighted by Crippen LogP contribution is -2.01. The van der Waals surface area contributed by atoms with Gasteiger partial charge in [0.05, 0.1) is 9.82 Å². The van der Waals surface area contributed by atoms with Crippen LogP contribution in [0.2, 0.25) is 0 Å². The molecule has 0 heterocycles. The van der Waals surface area contributed by atoms with E-state index in [1.165, 1.54) is 6.92 Å². The standard InChI is InChI=1S/C7H7NO5S.2H2O/c1-5-4-6(8(9)10)2-3-7(5)14(11,12)13;;/h2-4H,1H3,(H,11,12,13);2*1H2. The molecular formula is C7H11NO7S. The normalized spacial score (nSPS) is 9.88. The molecule has 0 radical (unpaired) electrons. The Hall–Kier alpha value is -1.55. The summed E-state index contributed by atoms with van der Waals surface area (Å²) in [7, 11) is -4.30. The van der Waals surface area contributed by atoms with Crippen LogP contribution in [0.5, 0.6) is 0 Å². The van der Waals surface area contributed by atoms with Gasteiger partial charge in [0.1, 0.15) is 0 Å². The van der Waals surface area contributed by atoms with E-state index in [-0.39, 0.29) is 27.1 Å². The molecule has 0 atom stereocenters. The van der Waals surface area contributed by atoms with Crippen molar-refractivity contribution >= 4 is 15.8 Å². The molecule has 0 spiro atoms. The topological polar surface area (TPSA) is 161 Å². The van der Waals surface area contributed by atoms with Gasteiger partial charge in [-0.15, -0.1) is 0 Å². The highest BCUT2D eigenvalue weighted by atomic mass is 32.2. The summed E-state index contributed by atoms with van der Waals surface area (Å²) in [5.41, 5.74) is -0.0726. The predicted octanol–water partition coefficient (Wildman–Crippen LogP) is -0.499. The molecule has 8 nitrogen and oxygen atoms in total. The third kappa shape index (κ3) is 3.55. The van der Waals surface area contributed by atoms with Crippen molar-refractivity contribution in [2.24, 2.45) is 0 Å². The van der Waals surface area contributed by atoms with Crippen molar-refractivity contribution in [2.45, 2.75) is 11.8 Å².